The molecule has 0 bridgehead atoms. The summed E-state index contributed by atoms with van der Waals surface area (Å²) in [6, 6.07) is 0. The van der Waals surface area contributed by atoms with Gasteiger partial charge in [0.2, 0.25) is 5.91 Å². The molecule has 0 fully saturated rings. The van der Waals surface area contributed by atoms with Crippen molar-refractivity contribution in [3.63, 3.8) is 0 Å². The summed E-state index contributed by atoms with van der Waals surface area (Å²) in [5.41, 5.74) is 7.71. The average Bonchev–Trinajstić information content (AvgIpc) is 2.61. The summed E-state index contributed by atoms with van der Waals surface area (Å²) in [5, 5.41) is 2.62. The van der Waals surface area contributed by atoms with Gasteiger partial charge < -0.3 is 15.6 Å². The summed E-state index contributed by atoms with van der Waals surface area (Å²) >= 11 is 0. The van der Waals surface area contributed by atoms with Crippen LogP contribution in [0.3, 0.4) is 0 Å². The van der Waals surface area contributed by atoms with Crippen LogP contribution in [0.5, 0.6) is 0 Å². The molecule has 0 aromatic carbocycles. The second-order valence-corrected chi connectivity index (χ2v) is 4.12. The molecule has 0 aliphatic carbocycles. The van der Waals surface area contributed by atoms with Crippen LogP contribution >= 0.6 is 0 Å². The van der Waals surface area contributed by atoms with Crippen molar-refractivity contribution >= 4 is 5.91 Å². The molecule has 0 aliphatic rings. The zero-order valence-corrected chi connectivity index (χ0v) is 10.9. The summed E-state index contributed by atoms with van der Waals surface area (Å²) in [7, 11) is 1.64. The number of carbonyl (C=O) groups excluding carboxylic acids is 1. The van der Waals surface area contributed by atoms with Gasteiger partial charge in [-0.3, -0.25) is 4.79 Å². The number of rotatable bonds is 6. The van der Waals surface area contributed by atoms with E-state index in [0.717, 1.165) is 36.6 Å². The van der Waals surface area contributed by atoms with Gasteiger partial charge in [-0.15, -0.1) is 0 Å². The van der Waals surface area contributed by atoms with Crippen LogP contribution in [0.15, 0.2) is 0 Å². The molecular formula is C12H22N4O. The molecular weight excluding hydrogens is 216 g/mol. The number of carbonyl (C=O) groups is 1. The molecule has 5 nitrogen and oxygen atoms in total. The maximum absolute atomic E-state index is 11.4. The van der Waals surface area contributed by atoms with Gasteiger partial charge in [0.15, 0.2) is 0 Å². The number of likely N-dealkylation sites (N-methyl/N-ethyl adjacent to an activating group) is 1. The van der Waals surface area contributed by atoms with Crippen molar-refractivity contribution in [3.8, 4) is 0 Å². The van der Waals surface area contributed by atoms with Crippen LogP contribution in [0.2, 0.25) is 0 Å². The van der Waals surface area contributed by atoms with Gasteiger partial charge in [-0.1, -0.05) is 13.3 Å². The highest BCUT2D eigenvalue weighted by Gasteiger charge is 2.14. The normalized spacial score (nSPS) is 10.6. The van der Waals surface area contributed by atoms with E-state index in [1.807, 2.05) is 6.92 Å². The van der Waals surface area contributed by atoms with Crippen molar-refractivity contribution < 1.29 is 4.79 Å². The van der Waals surface area contributed by atoms with Gasteiger partial charge in [-0.25, -0.2) is 4.98 Å². The maximum Gasteiger partial charge on any atom is 0.227 e. The number of amides is 1. The molecule has 1 rings (SSSR count). The van der Waals surface area contributed by atoms with Crippen LogP contribution < -0.4 is 11.1 Å². The van der Waals surface area contributed by atoms with Crippen molar-refractivity contribution in [2.75, 3.05) is 7.05 Å². The molecule has 96 valence electrons. The molecule has 0 radical (unpaired) electrons. The molecule has 1 aromatic rings. The predicted octanol–water partition coefficient (Wildman–Crippen LogP) is 0.739. The summed E-state index contributed by atoms with van der Waals surface area (Å²) in [5.74, 6) is 0.798. The lowest BCUT2D eigenvalue weighted by Crippen LogP contribution is -2.22. The molecule has 1 aromatic heterocycles. The Morgan fingerprint density at radius 2 is 2.24 bits per heavy atom. The number of aryl methyl sites for hydroxylation is 1. The van der Waals surface area contributed by atoms with E-state index >= 15 is 0 Å². The zero-order chi connectivity index (χ0) is 12.8. The largest absolute Gasteiger partial charge is 0.359 e. The highest BCUT2D eigenvalue weighted by atomic mass is 16.1. The van der Waals surface area contributed by atoms with Crippen LogP contribution in [0, 0.1) is 6.92 Å². The third-order valence-electron chi connectivity index (χ3n) is 2.88. The van der Waals surface area contributed by atoms with E-state index < -0.39 is 0 Å². The number of imidazole rings is 1. The molecule has 0 unspecified atom stereocenters. The molecule has 0 saturated heterocycles. The lowest BCUT2D eigenvalue weighted by molar-refractivity contribution is -0.120. The number of nitrogens with two attached hydrogens (primary N) is 1. The molecule has 3 N–H and O–H groups in total. The van der Waals surface area contributed by atoms with E-state index in [1.54, 1.807) is 7.05 Å². The Hall–Kier alpha value is -1.36. The van der Waals surface area contributed by atoms with E-state index in [-0.39, 0.29) is 5.91 Å². The molecule has 0 atom stereocenters. The van der Waals surface area contributed by atoms with Crippen molar-refractivity contribution in [3.05, 3.63) is 17.2 Å². The molecule has 1 amide bonds. The first-order valence-corrected chi connectivity index (χ1v) is 6.09. The Labute approximate surface area is 102 Å². The molecule has 17 heavy (non-hydrogen) atoms. The number of nitrogens with one attached hydrogen (secondary N) is 1. The second kappa shape index (κ2) is 6.39. The van der Waals surface area contributed by atoms with E-state index in [0.29, 0.717) is 13.0 Å². The van der Waals surface area contributed by atoms with Gasteiger partial charge in [0.05, 0.1) is 17.8 Å². The summed E-state index contributed by atoms with van der Waals surface area (Å²) in [4.78, 5) is 15.9. The zero-order valence-electron chi connectivity index (χ0n) is 10.9. The Bertz CT molecular complexity index is 384. The SMILES string of the molecule is CCCCn1c(CC(=O)NC)nc(C)c1CN. The fourth-order valence-electron chi connectivity index (χ4n) is 1.87. The highest BCUT2D eigenvalue weighted by Crippen LogP contribution is 2.13. The van der Waals surface area contributed by atoms with Gasteiger partial charge in [-0.05, 0) is 13.3 Å². The van der Waals surface area contributed by atoms with Crippen LogP contribution in [-0.4, -0.2) is 22.5 Å². The second-order valence-electron chi connectivity index (χ2n) is 4.12. The number of unbranched alkanes of at least 4 members (excludes halogenated alkanes) is 1. The smallest absolute Gasteiger partial charge is 0.227 e. The van der Waals surface area contributed by atoms with Crippen LogP contribution in [0.25, 0.3) is 0 Å². The highest BCUT2D eigenvalue weighted by molar-refractivity contribution is 5.77. The van der Waals surface area contributed by atoms with Crippen molar-refractivity contribution in [2.24, 2.45) is 5.73 Å². The Morgan fingerprint density at radius 3 is 2.76 bits per heavy atom. The molecule has 0 saturated carbocycles. The fourth-order valence-corrected chi connectivity index (χ4v) is 1.87. The summed E-state index contributed by atoms with van der Waals surface area (Å²) in [6.07, 6.45) is 2.51. The third-order valence-corrected chi connectivity index (χ3v) is 2.88. The molecule has 0 spiro atoms. The van der Waals surface area contributed by atoms with Gasteiger partial charge >= 0.3 is 0 Å². The quantitative estimate of drug-likeness (QED) is 0.767. The molecule has 0 aliphatic heterocycles. The number of hydrogen-bond acceptors (Lipinski definition) is 3. The predicted molar refractivity (Wildman–Crippen MR) is 67.5 cm³/mol. The van der Waals surface area contributed by atoms with Crippen LogP contribution in [0.4, 0.5) is 0 Å². The van der Waals surface area contributed by atoms with Gasteiger partial charge in [0.1, 0.15) is 5.82 Å². The van der Waals surface area contributed by atoms with Crippen LogP contribution in [-0.2, 0) is 24.3 Å². The minimum atomic E-state index is -0.0173. The first-order valence-electron chi connectivity index (χ1n) is 6.09. The van der Waals surface area contributed by atoms with Crippen LogP contribution in [0.1, 0.15) is 37.0 Å². The number of nitrogens with zero attached hydrogens (tertiary/aromatic N) is 2. The third kappa shape index (κ3) is 3.30. The number of hydrogen-bond donors (Lipinski definition) is 2. The van der Waals surface area contributed by atoms with Gasteiger partial charge in [0, 0.05) is 20.1 Å². The monoisotopic (exact) mass is 238 g/mol. The average molecular weight is 238 g/mol. The minimum absolute atomic E-state index is 0.0173. The van der Waals surface area contributed by atoms with Gasteiger partial charge in [-0.2, -0.15) is 0 Å². The standard InChI is InChI=1S/C12H22N4O/c1-4-5-6-16-10(8-13)9(2)15-11(16)7-12(17)14-3/h4-8,13H2,1-3H3,(H,14,17). The lowest BCUT2D eigenvalue weighted by Gasteiger charge is -2.10. The van der Waals surface area contributed by atoms with E-state index in [9.17, 15) is 4.79 Å². The maximum atomic E-state index is 11.4. The van der Waals surface area contributed by atoms with Crippen molar-refractivity contribution in [1.29, 1.82) is 0 Å². The lowest BCUT2D eigenvalue weighted by atomic mass is 10.3. The Balaban J connectivity index is 2.97. The minimum Gasteiger partial charge on any atom is -0.359 e. The van der Waals surface area contributed by atoms with E-state index in [4.69, 9.17) is 5.73 Å². The summed E-state index contributed by atoms with van der Waals surface area (Å²) < 4.78 is 2.09. The first kappa shape index (κ1) is 13.7. The molecule has 5 heteroatoms. The Kier molecular flexibility index (Phi) is 5.15. The van der Waals surface area contributed by atoms with Gasteiger partial charge in [0.25, 0.3) is 0 Å². The van der Waals surface area contributed by atoms with E-state index in [1.165, 1.54) is 0 Å². The van der Waals surface area contributed by atoms with E-state index in [2.05, 4.69) is 21.8 Å². The first-order chi connectivity index (χ1) is 8.13. The molecule has 1 heterocycles. The van der Waals surface area contributed by atoms with Crippen molar-refractivity contribution in [1.82, 2.24) is 14.9 Å². The van der Waals surface area contributed by atoms with Crippen molar-refractivity contribution in [2.45, 2.75) is 46.2 Å². The number of aromatic nitrogens is 2. The summed E-state index contributed by atoms with van der Waals surface area (Å²) in [6.45, 7) is 5.44. The Morgan fingerprint density at radius 1 is 1.53 bits per heavy atom. The topological polar surface area (TPSA) is 72.9 Å². The fraction of sp³-hybridized carbons (Fsp3) is 0.667.